The molecule has 0 radical (unpaired) electrons. The predicted octanol–water partition coefficient (Wildman–Crippen LogP) is 8.71. The van der Waals surface area contributed by atoms with Gasteiger partial charge in [0.2, 0.25) is 0 Å². The number of rotatable bonds is 12. The molecule has 0 saturated heterocycles. The first-order valence-electron chi connectivity index (χ1n) is 17.1. The van der Waals surface area contributed by atoms with E-state index < -0.39 is 11.6 Å². The molecule has 7 rings (SSSR count). The van der Waals surface area contributed by atoms with Crippen molar-refractivity contribution in [3.8, 4) is 22.5 Å². The van der Waals surface area contributed by atoms with Gasteiger partial charge >= 0.3 is 0 Å². The quantitative estimate of drug-likeness (QED) is 0.133. The predicted molar refractivity (Wildman–Crippen MR) is 200 cm³/mol. The number of aliphatic hydroxyl groups is 1. The number of aromatic nitrogens is 5. The molecule has 7 heteroatoms. The van der Waals surface area contributed by atoms with Crippen LogP contribution in [-0.2, 0) is 12.1 Å². The highest BCUT2D eigenvalue weighted by molar-refractivity contribution is 5.81. The van der Waals surface area contributed by atoms with E-state index in [2.05, 4.69) is 137 Å². The maximum atomic E-state index is 10.4. The minimum absolute atomic E-state index is 0.599. The summed E-state index contributed by atoms with van der Waals surface area (Å²) in [5.74, 6) is 1.49. The topological polar surface area (TPSA) is 80.0 Å². The van der Waals surface area contributed by atoms with E-state index in [1.54, 1.807) is 13.1 Å². The highest BCUT2D eigenvalue weighted by Crippen LogP contribution is 2.43. The van der Waals surface area contributed by atoms with Crippen LogP contribution in [0.25, 0.3) is 22.5 Å². The van der Waals surface area contributed by atoms with Gasteiger partial charge in [0.25, 0.3) is 0 Å². The summed E-state index contributed by atoms with van der Waals surface area (Å²) in [6.45, 7) is 5.46. The molecule has 1 atom stereocenters. The molecule has 1 unspecified atom stereocenters. The number of aliphatic hydroxyl groups excluding tert-OH is 1. The molecule has 248 valence electrons. The SMILES string of the molecule is CCCN(Cc1ccc(-c2ccccc2-c2nnnn2C(c2ccccc2)(c2ccccc2)c2ccccc2)cc1)c1ncccc1C(C)O. The zero-order chi connectivity index (χ0) is 34.3. The first kappa shape index (κ1) is 32.6. The second-order valence-corrected chi connectivity index (χ2v) is 12.5. The lowest BCUT2D eigenvalue weighted by molar-refractivity contribution is 0.199. The lowest BCUT2D eigenvalue weighted by atomic mass is 9.77. The molecule has 2 heterocycles. The van der Waals surface area contributed by atoms with Gasteiger partial charge in [-0.15, -0.1) is 5.10 Å². The lowest BCUT2D eigenvalue weighted by Crippen LogP contribution is -2.39. The molecular formula is C43H40N6O. The summed E-state index contributed by atoms with van der Waals surface area (Å²) >= 11 is 0. The van der Waals surface area contributed by atoms with E-state index in [1.165, 1.54) is 0 Å². The van der Waals surface area contributed by atoms with Crippen LogP contribution >= 0.6 is 0 Å². The van der Waals surface area contributed by atoms with E-state index in [9.17, 15) is 5.11 Å². The van der Waals surface area contributed by atoms with Gasteiger partial charge in [-0.3, -0.25) is 0 Å². The third-order valence-electron chi connectivity index (χ3n) is 9.23. The Morgan fingerprint density at radius 1 is 0.680 bits per heavy atom. The Hall–Kier alpha value is -5.92. The number of pyridine rings is 1. The van der Waals surface area contributed by atoms with Gasteiger partial charge in [0.15, 0.2) is 5.82 Å². The van der Waals surface area contributed by atoms with Crippen molar-refractivity contribution in [2.75, 3.05) is 11.4 Å². The van der Waals surface area contributed by atoms with Gasteiger partial charge in [0, 0.05) is 30.4 Å². The Kier molecular flexibility index (Phi) is 9.58. The van der Waals surface area contributed by atoms with E-state index in [0.717, 1.165) is 63.3 Å². The number of hydrogen-bond acceptors (Lipinski definition) is 6. The molecular weight excluding hydrogens is 617 g/mol. The highest BCUT2D eigenvalue weighted by Gasteiger charge is 2.42. The molecule has 0 aliphatic carbocycles. The van der Waals surface area contributed by atoms with E-state index in [4.69, 9.17) is 10.3 Å². The van der Waals surface area contributed by atoms with E-state index >= 15 is 0 Å². The van der Waals surface area contributed by atoms with Crippen molar-refractivity contribution in [2.24, 2.45) is 0 Å². The minimum atomic E-state index is -0.849. The van der Waals surface area contributed by atoms with Crippen LogP contribution in [0.1, 0.15) is 54.2 Å². The average molecular weight is 657 g/mol. The molecule has 0 aliphatic rings. The molecule has 7 aromatic rings. The fourth-order valence-corrected chi connectivity index (χ4v) is 6.96. The van der Waals surface area contributed by atoms with Crippen LogP contribution in [0.5, 0.6) is 0 Å². The van der Waals surface area contributed by atoms with Crippen molar-refractivity contribution in [3.05, 3.63) is 186 Å². The number of anilines is 1. The molecule has 0 amide bonds. The summed E-state index contributed by atoms with van der Waals surface area (Å²) in [6.07, 6.45) is 2.16. The summed E-state index contributed by atoms with van der Waals surface area (Å²) in [7, 11) is 0. The molecule has 0 spiro atoms. The average Bonchev–Trinajstić information content (AvgIpc) is 3.67. The molecule has 2 aromatic heterocycles. The summed E-state index contributed by atoms with van der Waals surface area (Å²) in [4.78, 5) is 6.90. The Bertz CT molecular complexity index is 2030. The van der Waals surface area contributed by atoms with Crippen molar-refractivity contribution in [1.29, 1.82) is 0 Å². The minimum Gasteiger partial charge on any atom is -0.389 e. The van der Waals surface area contributed by atoms with Gasteiger partial charge < -0.3 is 10.0 Å². The maximum absolute atomic E-state index is 10.4. The molecule has 50 heavy (non-hydrogen) atoms. The van der Waals surface area contributed by atoms with Crippen LogP contribution < -0.4 is 4.90 Å². The second kappa shape index (κ2) is 14.7. The van der Waals surface area contributed by atoms with Crippen molar-refractivity contribution in [2.45, 2.75) is 38.5 Å². The Morgan fingerprint density at radius 2 is 1.24 bits per heavy atom. The first-order valence-corrected chi connectivity index (χ1v) is 17.1. The molecule has 0 saturated carbocycles. The van der Waals surface area contributed by atoms with Crippen molar-refractivity contribution in [1.82, 2.24) is 25.2 Å². The normalized spacial score (nSPS) is 12.1. The van der Waals surface area contributed by atoms with Crippen molar-refractivity contribution >= 4 is 5.82 Å². The van der Waals surface area contributed by atoms with Crippen LogP contribution in [0.15, 0.2) is 158 Å². The maximum Gasteiger partial charge on any atom is 0.184 e. The largest absolute Gasteiger partial charge is 0.389 e. The summed E-state index contributed by atoms with van der Waals surface area (Å²) < 4.78 is 1.98. The summed E-state index contributed by atoms with van der Waals surface area (Å²) in [5, 5.41) is 24.2. The van der Waals surface area contributed by atoms with E-state index in [0.29, 0.717) is 12.4 Å². The van der Waals surface area contributed by atoms with Crippen LogP contribution in [-0.4, -0.2) is 36.8 Å². The summed E-state index contributed by atoms with van der Waals surface area (Å²) in [5.41, 5.74) is 7.32. The van der Waals surface area contributed by atoms with E-state index in [1.807, 2.05) is 41.1 Å². The highest BCUT2D eigenvalue weighted by atomic mass is 16.3. The van der Waals surface area contributed by atoms with Gasteiger partial charge in [0.1, 0.15) is 11.4 Å². The van der Waals surface area contributed by atoms with Crippen molar-refractivity contribution < 1.29 is 5.11 Å². The van der Waals surface area contributed by atoms with Gasteiger partial charge in [0.05, 0.1) is 6.10 Å². The number of nitrogens with zero attached hydrogens (tertiary/aromatic N) is 6. The standard InChI is InChI=1S/C43H40N6O/c1-3-30-48(41-38(32(2)50)24-15-29-44-41)31-33-25-27-34(28-26-33)39-22-13-14-23-40(39)42-45-46-47-49(42)43(35-16-7-4-8-17-35,36-18-9-5-10-19-36)37-20-11-6-12-21-37/h4-29,32,50H,3,30-31H2,1-2H3. The first-order chi connectivity index (χ1) is 24.6. The molecule has 5 aromatic carbocycles. The fraction of sp³-hybridized carbons (Fsp3) is 0.163. The molecule has 7 nitrogen and oxygen atoms in total. The van der Waals surface area contributed by atoms with Crippen LogP contribution in [0.4, 0.5) is 5.82 Å². The Balaban J connectivity index is 1.32. The van der Waals surface area contributed by atoms with Crippen LogP contribution in [0, 0.1) is 0 Å². The number of hydrogen-bond donors (Lipinski definition) is 1. The zero-order valence-electron chi connectivity index (χ0n) is 28.3. The zero-order valence-corrected chi connectivity index (χ0v) is 28.3. The third kappa shape index (κ3) is 6.19. The molecule has 0 bridgehead atoms. The molecule has 1 N–H and O–H groups in total. The second-order valence-electron chi connectivity index (χ2n) is 12.5. The number of tetrazole rings is 1. The fourth-order valence-electron chi connectivity index (χ4n) is 6.96. The van der Waals surface area contributed by atoms with E-state index in [-0.39, 0.29) is 0 Å². The Morgan fingerprint density at radius 3 is 1.80 bits per heavy atom. The number of benzene rings is 5. The van der Waals surface area contributed by atoms with Gasteiger partial charge in [-0.05, 0) is 63.2 Å². The Labute approximate surface area is 293 Å². The van der Waals surface area contributed by atoms with Gasteiger partial charge in [-0.25, -0.2) is 9.67 Å². The van der Waals surface area contributed by atoms with Gasteiger partial charge in [-0.1, -0.05) is 153 Å². The van der Waals surface area contributed by atoms with Crippen LogP contribution in [0.2, 0.25) is 0 Å². The van der Waals surface area contributed by atoms with Crippen molar-refractivity contribution in [3.63, 3.8) is 0 Å². The molecule has 0 aliphatic heterocycles. The summed E-state index contributed by atoms with van der Waals surface area (Å²) in [6, 6.07) is 52.2. The lowest BCUT2D eigenvalue weighted by Gasteiger charge is -2.36. The van der Waals surface area contributed by atoms with Gasteiger partial charge in [-0.2, -0.15) is 0 Å². The smallest absolute Gasteiger partial charge is 0.184 e. The third-order valence-corrected chi connectivity index (χ3v) is 9.23. The molecule has 0 fully saturated rings. The van der Waals surface area contributed by atoms with Crippen LogP contribution in [0.3, 0.4) is 0 Å². The monoisotopic (exact) mass is 656 g/mol.